The van der Waals surface area contributed by atoms with Crippen molar-refractivity contribution in [3.63, 3.8) is 0 Å². The molecule has 1 N–H and O–H groups in total. The molecule has 3 rings (SSSR count). The van der Waals surface area contributed by atoms with Crippen LogP contribution in [0, 0.1) is 0 Å². The van der Waals surface area contributed by atoms with E-state index in [0.29, 0.717) is 12.5 Å². The summed E-state index contributed by atoms with van der Waals surface area (Å²) in [6, 6.07) is 8.12. The number of nitrogens with zero attached hydrogens (tertiary/aromatic N) is 1. The van der Waals surface area contributed by atoms with Crippen molar-refractivity contribution >= 4 is 11.8 Å². The van der Waals surface area contributed by atoms with E-state index in [1.807, 2.05) is 0 Å². The second kappa shape index (κ2) is 5.27. The number of aryl methyl sites for hydroxylation is 1. The Morgan fingerprint density at radius 1 is 1.30 bits per heavy atom. The summed E-state index contributed by atoms with van der Waals surface area (Å²) < 4.78 is 0. The monoisotopic (exact) mass is 272 g/mol. The summed E-state index contributed by atoms with van der Waals surface area (Å²) in [5, 5.41) is 2.64. The van der Waals surface area contributed by atoms with Gasteiger partial charge in [0.2, 0.25) is 11.8 Å². The Labute approximate surface area is 119 Å². The number of hydrogen-bond donors (Lipinski definition) is 1. The number of carbonyl (C=O) groups excluding carboxylic acids is 2. The summed E-state index contributed by atoms with van der Waals surface area (Å²) in [5.74, 6) is 0.339. The minimum Gasteiger partial charge on any atom is -0.345 e. The number of piperazine rings is 1. The summed E-state index contributed by atoms with van der Waals surface area (Å²) in [5.41, 5.74) is 2.75. The van der Waals surface area contributed by atoms with Crippen molar-refractivity contribution in [3.05, 3.63) is 35.4 Å². The van der Waals surface area contributed by atoms with Gasteiger partial charge in [-0.2, -0.15) is 0 Å². The Bertz CT molecular complexity index is 541. The Hall–Kier alpha value is -1.84. The van der Waals surface area contributed by atoms with Crippen molar-refractivity contribution in [1.29, 1.82) is 0 Å². The molecule has 1 aromatic carbocycles. The van der Waals surface area contributed by atoms with E-state index in [1.165, 1.54) is 11.1 Å². The van der Waals surface area contributed by atoms with Gasteiger partial charge in [-0.15, -0.1) is 0 Å². The molecule has 1 fully saturated rings. The molecule has 1 aliphatic heterocycles. The van der Waals surface area contributed by atoms with Crippen LogP contribution < -0.4 is 5.32 Å². The number of nitrogens with one attached hydrogen (secondary N) is 1. The molecule has 1 aliphatic carbocycles. The van der Waals surface area contributed by atoms with Crippen LogP contribution >= 0.6 is 0 Å². The third kappa shape index (κ3) is 2.30. The van der Waals surface area contributed by atoms with Crippen LogP contribution in [0.4, 0.5) is 0 Å². The summed E-state index contributed by atoms with van der Waals surface area (Å²) >= 11 is 0. The van der Waals surface area contributed by atoms with Crippen LogP contribution in [0.5, 0.6) is 0 Å². The molecular weight excluding hydrogens is 252 g/mol. The van der Waals surface area contributed by atoms with Gasteiger partial charge in [-0.05, 0) is 37.3 Å². The molecule has 2 unspecified atom stereocenters. The average Bonchev–Trinajstić information content (AvgIpc) is 2.48. The summed E-state index contributed by atoms with van der Waals surface area (Å²) in [7, 11) is 0. The molecule has 20 heavy (non-hydrogen) atoms. The highest BCUT2D eigenvalue weighted by atomic mass is 16.2. The normalized spacial score (nSPS) is 26.1. The first-order chi connectivity index (χ1) is 9.66. The zero-order valence-corrected chi connectivity index (χ0v) is 11.8. The molecule has 4 nitrogen and oxygen atoms in total. The van der Waals surface area contributed by atoms with E-state index >= 15 is 0 Å². The Balaban J connectivity index is 1.81. The Morgan fingerprint density at radius 3 is 2.95 bits per heavy atom. The fourth-order valence-corrected chi connectivity index (χ4v) is 3.31. The average molecular weight is 272 g/mol. The molecule has 0 spiro atoms. The minimum absolute atomic E-state index is 0.0279. The van der Waals surface area contributed by atoms with Gasteiger partial charge in [0.25, 0.3) is 0 Å². The molecule has 1 saturated heterocycles. The van der Waals surface area contributed by atoms with Gasteiger partial charge >= 0.3 is 0 Å². The summed E-state index contributed by atoms with van der Waals surface area (Å²) in [4.78, 5) is 25.5. The first-order valence-corrected chi connectivity index (χ1v) is 7.32. The highest BCUT2D eigenvalue weighted by Gasteiger charge is 2.33. The Kier molecular flexibility index (Phi) is 3.47. The van der Waals surface area contributed by atoms with Crippen LogP contribution in [-0.4, -0.2) is 35.8 Å². The van der Waals surface area contributed by atoms with Gasteiger partial charge in [0.1, 0.15) is 6.04 Å². The smallest absolute Gasteiger partial charge is 0.242 e. The van der Waals surface area contributed by atoms with Crippen LogP contribution in [0.15, 0.2) is 24.3 Å². The van der Waals surface area contributed by atoms with Crippen molar-refractivity contribution in [2.45, 2.75) is 38.1 Å². The number of rotatable bonds is 2. The predicted octanol–water partition coefficient (Wildman–Crippen LogP) is 1.45. The molecular formula is C16H20N2O2. The molecule has 1 heterocycles. The second-order valence-electron chi connectivity index (χ2n) is 5.73. The van der Waals surface area contributed by atoms with Crippen LogP contribution in [0.2, 0.25) is 0 Å². The molecule has 0 aromatic heterocycles. The molecule has 0 bridgehead atoms. The summed E-state index contributed by atoms with van der Waals surface area (Å²) in [6.07, 6.45) is 3.37. The molecule has 2 amide bonds. The van der Waals surface area contributed by atoms with Crippen molar-refractivity contribution < 1.29 is 9.59 Å². The molecule has 2 aliphatic rings. The van der Waals surface area contributed by atoms with Gasteiger partial charge in [0.05, 0.1) is 6.54 Å². The SMILES string of the molecule is CC1C(=O)NCC(=O)N1CC1CCCc2ccccc21. The maximum atomic E-state index is 12.0. The number of benzene rings is 1. The van der Waals surface area contributed by atoms with Crippen molar-refractivity contribution in [1.82, 2.24) is 10.2 Å². The number of fused-ring (bicyclic) bond motifs is 1. The molecule has 1 aromatic rings. The lowest BCUT2D eigenvalue weighted by Gasteiger charge is -2.37. The lowest BCUT2D eigenvalue weighted by Crippen LogP contribution is -2.58. The first kappa shape index (κ1) is 13.2. The van der Waals surface area contributed by atoms with Crippen molar-refractivity contribution in [2.24, 2.45) is 0 Å². The fourth-order valence-electron chi connectivity index (χ4n) is 3.31. The standard InChI is InChI=1S/C16H20N2O2/c1-11-16(20)17-9-15(19)18(11)10-13-7-4-6-12-5-2-3-8-14(12)13/h2-3,5,8,11,13H,4,6-7,9-10H2,1H3,(H,17,20). The number of amides is 2. The van der Waals surface area contributed by atoms with E-state index < -0.39 is 0 Å². The maximum Gasteiger partial charge on any atom is 0.242 e. The van der Waals surface area contributed by atoms with Crippen molar-refractivity contribution in [3.8, 4) is 0 Å². The summed E-state index contributed by atoms with van der Waals surface area (Å²) in [6.45, 7) is 2.60. The second-order valence-corrected chi connectivity index (χ2v) is 5.73. The van der Waals surface area contributed by atoms with Gasteiger partial charge in [0, 0.05) is 12.5 Å². The highest BCUT2D eigenvalue weighted by molar-refractivity contribution is 5.94. The van der Waals surface area contributed by atoms with E-state index in [9.17, 15) is 9.59 Å². The topological polar surface area (TPSA) is 49.4 Å². The number of carbonyl (C=O) groups is 2. The fraction of sp³-hybridized carbons (Fsp3) is 0.500. The first-order valence-electron chi connectivity index (χ1n) is 7.32. The lowest BCUT2D eigenvalue weighted by molar-refractivity contribution is -0.145. The van der Waals surface area contributed by atoms with Crippen LogP contribution in [-0.2, 0) is 16.0 Å². The number of hydrogen-bond acceptors (Lipinski definition) is 2. The largest absolute Gasteiger partial charge is 0.345 e. The van der Waals surface area contributed by atoms with Gasteiger partial charge in [-0.1, -0.05) is 24.3 Å². The van der Waals surface area contributed by atoms with Gasteiger partial charge < -0.3 is 10.2 Å². The van der Waals surface area contributed by atoms with Gasteiger partial charge in [-0.25, -0.2) is 0 Å². The lowest BCUT2D eigenvalue weighted by atomic mass is 9.82. The zero-order chi connectivity index (χ0) is 14.1. The van der Waals surface area contributed by atoms with Crippen LogP contribution in [0.25, 0.3) is 0 Å². The Morgan fingerprint density at radius 2 is 2.10 bits per heavy atom. The maximum absolute atomic E-state index is 12.0. The van der Waals surface area contributed by atoms with Crippen LogP contribution in [0.1, 0.15) is 36.8 Å². The molecule has 2 atom stereocenters. The quantitative estimate of drug-likeness (QED) is 0.886. The van der Waals surface area contributed by atoms with E-state index in [0.717, 1.165) is 19.3 Å². The molecule has 0 radical (unpaired) electrons. The van der Waals surface area contributed by atoms with Gasteiger partial charge in [0.15, 0.2) is 0 Å². The van der Waals surface area contributed by atoms with E-state index in [-0.39, 0.29) is 24.4 Å². The molecule has 106 valence electrons. The molecule has 0 saturated carbocycles. The van der Waals surface area contributed by atoms with E-state index in [4.69, 9.17) is 0 Å². The van der Waals surface area contributed by atoms with Crippen molar-refractivity contribution in [2.75, 3.05) is 13.1 Å². The molecule has 4 heteroatoms. The predicted molar refractivity (Wildman–Crippen MR) is 76.3 cm³/mol. The highest BCUT2D eigenvalue weighted by Crippen LogP contribution is 2.32. The van der Waals surface area contributed by atoms with Gasteiger partial charge in [-0.3, -0.25) is 9.59 Å². The zero-order valence-electron chi connectivity index (χ0n) is 11.8. The third-order valence-electron chi connectivity index (χ3n) is 4.49. The van der Waals surface area contributed by atoms with Crippen LogP contribution in [0.3, 0.4) is 0 Å². The van der Waals surface area contributed by atoms with E-state index in [1.54, 1.807) is 11.8 Å². The third-order valence-corrected chi connectivity index (χ3v) is 4.49. The van der Waals surface area contributed by atoms with E-state index in [2.05, 4.69) is 29.6 Å². The minimum atomic E-state index is -0.356.